The molecule has 31 heavy (non-hydrogen) atoms. The number of alkyl halides is 2. The molecule has 0 radical (unpaired) electrons. The molecule has 1 atom stereocenters. The first-order valence-electron chi connectivity index (χ1n) is 9.58. The SMILES string of the molecule is CC(=O)N[C@@H](C)COc1cnc(-c2nc3ccc(OCCC(C)(F)F)cc3o2)c(F)c1. The van der Waals surface area contributed by atoms with Gasteiger partial charge in [0, 0.05) is 25.5 Å². The zero-order valence-corrected chi connectivity index (χ0v) is 17.2. The van der Waals surface area contributed by atoms with E-state index in [-0.39, 0.29) is 42.5 Å². The van der Waals surface area contributed by atoms with Gasteiger partial charge in [0.05, 0.1) is 18.8 Å². The summed E-state index contributed by atoms with van der Waals surface area (Å²) in [7, 11) is 0. The average Bonchev–Trinajstić information content (AvgIpc) is 3.08. The highest BCUT2D eigenvalue weighted by molar-refractivity contribution is 5.77. The first kappa shape index (κ1) is 22.4. The first-order chi connectivity index (χ1) is 14.6. The molecule has 1 N–H and O–H groups in total. The molecule has 166 valence electrons. The molecule has 10 heteroatoms. The Labute approximate surface area is 176 Å². The van der Waals surface area contributed by atoms with Crippen molar-refractivity contribution in [2.75, 3.05) is 13.2 Å². The van der Waals surface area contributed by atoms with Crippen molar-refractivity contribution in [3.05, 3.63) is 36.3 Å². The predicted octanol–water partition coefficient (Wildman–Crippen LogP) is 4.36. The number of nitrogens with one attached hydrogen (secondary N) is 1. The third kappa shape index (κ3) is 6.34. The van der Waals surface area contributed by atoms with Crippen LogP contribution in [-0.2, 0) is 4.79 Å². The van der Waals surface area contributed by atoms with Gasteiger partial charge in [-0.1, -0.05) is 0 Å². The molecule has 0 bridgehead atoms. The van der Waals surface area contributed by atoms with E-state index in [1.807, 2.05) is 0 Å². The molecule has 0 fully saturated rings. The zero-order valence-electron chi connectivity index (χ0n) is 17.2. The Morgan fingerprint density at radius 2 is 2.03 bits per heavy atom. The Balaban J connectivity index is 1.70. The Morgan fingerprint density at radius 3 is 2.71 bits per heavy atom. The van der Waals surface area contributed by atoms with Gasteiger partial charge in [-0.25, -0.2) is 23.1 Å². The van der Waals surface area contributed by atoms with Crippen LogP contribution in [0.4, 0.5) is 13.2 Å². The van der Waals surface area contributed by atoms with Crippen molar-refractivity contribution in [2.45, 2.75) is 39.2 Å². The number of oxazole rings is 1. The van der Waals surface area contributed by atoms with Crippen LogP contribution in [0.3, 0.4) is 0 Å². The predicted molar refractivity (Wildman–Crippen MR) is 107 cm³/mol. The molecule has 2 heterocycles. The minimum absolute atomic E-state index is 0.0390. The highest BCUT2D eigenvalue weighted by Gasteiger charge is 2.21. The number of amides is 1. The number of carbonyl (C=O) groups is 1. The van der Waals surface area contributed by atoms with Crippen molar-refractivity contribution in [3.63, 3.8) is 0 Å². The number of nitrogens with zero attached hydrogens (tertiary/aromatic N) is 2. The van der Waals surface area contributed by atoms with Crippen molar-refractivity contribution in [1.29, 1.82) is 0 Å². The quantitative estimate of drug-likeness (QED) is 0.536. The summed E-state index contributed by atoms with van der Waals surface area (Å²) >= 11 is 0. The van der Waals surface area contributed by atoms with E-state index in [0.717, 1.165) is 13.0 Å². The van der Waals surface area contributed by atoms with Gasteiger partial charge in [-0.3, -0.25) is 4.79 Å². The average molecular weight is 437 g/mol. The van der Waals surface area contributed by atoms with Gasteiger partial charge < -0.3 is 19.2 Å². The lowest BCUT2D eigenvalue weighted by molar-refractivity contribution is -0.119. The van der Waals surface area contributed by atoms with Crippen molar-refractivity contribution in [2.24, 2.45) is 0 Å². The molecule has 0 saturated heterocycles. The standard InChI is InChI=1S/C21H22F3N3O4/c1-12(26-13(2)28)11-30-15-8-16(22)19(25-10-15)20-27-17-5-4-14(9-18(17)31-20)29-7-6-21(3,23)24/h4-5,8-10,12H,6-7,11H2,1-3H3,(H,26,28)/t12-/m0/s1. The molecule has 0 aliphatic heterocycles. The first-order valence-corrected chi connectivity index (χ1v) is 9.58. The minimum atomic E-state index is -2.81. The fourth-order valence-corrected chi connectivity index (χ4v) is 2.71. The maximum Gasteiger partial charge on any atom is 0.249 e. The molecule has 1 aromatic carbocycles. The van der Waals surface area contributed by atoms with E-state index >= 15 is 0 Å². The van der Waals surface area contributed by atoms with Crippen LogP contribution < -0.4 is 14.8 Å². The Hall–Kier alpha value is -3.30. The van der Waals surface area contributed by atoms with Gasteiger partial charge in [-0.15, -0.1) is 0 Å². The van der Waals surface area contributed by atoms with Crippen molar-refractivity contribution < 1.29 is 31.9 Å². The summed E-state index contributed by atoms with van der Waals surface area (Å²) < 4.78 is 56.7. The Kier molecular flexibility index (Phi) is 6.67. The van der Waals surface area contributed by atoms with E-state index in [4.69, 9.17) is 13.9 Å². The van der Waals surface area contributed by atoms with Crippen LogP contribution in [0.2, 0.25) is 0 Å². The van der Waals surface area contributed by atoms with Crippen LogP contribution in [0, 0.1) is 5.82 Å². The van der Waals surface area contributed by atoms with E-state index in [1.165, 1.54) is 19.2 Å². The molecule has 3 rings (SSSR count). The number of benzene rings is 1. The number of ether oxygens (including phenoxy) is 2. The molecule has 0 unspecified atom stereocenters. The smallest absolute Gasteiger partial charge is 0.249 e. The summed E-state index contributed by atoms with van der Waals surface area (Å²) in [4.78, 5) is 19.2. The lowest BCUT2D eigenvalue weighted by Gasteiger charge is -2.13. The van der Waals surface area contributed by atoms with Gasteiger partial charge in [0.15, 0.2) is 17.1 Å². The van der Waals surface area contributed by atoms with Crippen LogP contribution >= 0.6 is 0 Å². The van der Waals surface area contributed by atoms with Crippen LogP contribution in [-0.4, -0.2) is 41.1 Å². The number of pyridine rings is 1. The number of fused-ring (bicyclic) bond motifs is 1. The molecule has 1 amide bonds. The fourth-order valence-electron chi connectivity index (χ4n) is 2.71. The molecule has 3 aromatic rings. The van der Waals surface area contributed by atoms with Gasteiger partial charge in [0.2, 0.25) is 17.7 Å². The Bertz CT molecular complexity index is 1070. The summed E-state index contributed by atoms with van der Waals surface area (Å²) in [5.74, 6) is -3.21. The molecular weight excluding hydrogens is 415 g/mol. The molecule has 0 aliphatic rings. The third-order valence-corrected chi connectivity index (χ3v) is 4.14. The molecule has 2 aromatic heterocycles. The highest BCUT2D eigenvalue weighted by Crippen LogP contribution is 2.29. The number of hydrogen-bond acceptors (Lipinski definition) is 6. The molecule has 0 saturated carbocycles. The number of aromatic nitrogens is 2. The summed E-state index contributed by atoms with van der Waals surface area (Å²) in [6.07, 6.45) is 0.910. The monoisotopic (exact) mass is 437 g/mol. The number of rotatable bonds is 9. The van der Waals surface area contributed by atoms with Crippen molar-refractivity contribution >= 4 is 17.0 Å². The lowest BCUT2D eigenvalue weighted by Crippen LogP contribution is -2.35. The van der Waals surface area contributed by atoms with Gasteiger partial charge in [0.25, 0.3) is 0 Å². The summed E-state index contributed by atoms with van der Waals surface area (Å²) in [6, 6.07) is 5.55. The maximum atomic E-state index is 14.5. The molecule has 7 nitrogen and oxygen atoms in total. The molecular formula is C21H22F3N3O4. The highest BCUT2D eigenvalue weighted by atomic mass is 19.3. The largest absolute Gasteiger partial charge is 0.493 e. The zero-order chi connectivity index (χ0) is 22.6. The normalized spacial score (nSPS) is 12.6. The summed E-state index contributed by atoms with van der Waals surface area (Å²) in [5.41, 5.74) is 0.641. The van der Waals surface area contributed by atoms with Crippen LogP contribution in [0.5, 0.6) is 11.5 Å². The summed E-state index contributed by atoms with van der Waals surface area (Å²) in [6.45, 7) is 3.96. The van der Waals surface area contributed by atoms with E-state index in [1.54, 1.807) is 19.1 Å². The molecule has 0 spiro atoms. The topological polar surface area (TPSA) is 86.5 Å². The van der Waals surface area contributed by atoms with Crippen molar-refractivity contribution in [3.8, 4) is 23.1 Å². The minimum Gasteiger partial charge on any atom is -0.493 e. The Morgan fingerprint density at radius 1 is 1.26 bits per heavy atom. The third-order valence-electron chi connectivity index (χ3n) is 4.14. The van der Waals surface area contributed by atoms with E-state index < -0.39 is 18.2 Å². The van der Waals surface area contributed by atoms with Gasteiger partial charge in [-0.2, -0.15) is 0 Å². The van der Waals surface area contributed by atoms with Gasteiger partial charge in [0.1, 0.15) is 23.6 Å². The van der Waals surface area contributed by atoms with Crippen molar-refractivity contribution in [1.82, 2.24) is 15.3 Å². The van der Waals surface area contributed by atoms with Gasteiger partial charge >= 0.3 is 0 Å². The fraction of sp³-hybridized carbons (Fsp3) is 0.381. The van der Waals surface area contributed by atoms with Gasteiger partial charge in [-0.05, 0) is 26.0 Å². The number of halogens is 3. The number of hydrogen-bond donors (Lipinski definition) is 1. The lowest BCUT2D eigenvalue weighted by atomic mass is 10.3. The second-order valence-corrected chi connectivity index (χ2v) is 7.23. The van der Waals surface area contributed by atoms with E-state index in [2.05, 4.69) is 15.3 Å². The van der Waals surface area contributed by atoms with E-state index in [9.17, 15) is 18.0 Å². The van der Waals surface area contributed by atoms with Crippen LogP contribution in [0.1, 0.15) is 27.2 Å². The molecule has 0 aliphatic carbocycles. The summed E-state index contributed by atoms with van der Waals surface area (Å²) in [5, 5.41) is 2.65. The second kappa shape index (κ2) is 9.23. The number of carbonyl (C=O) groups excluding carboxylic acids is 1. The second-order valence-electron chi connectivity index (χ2n) is 7.23. The maximum absolute atomic E-state index is 14.5. The van der Waals surface area contributed by atoms with E-state index in [0.29, 0.717) is 16.8 Å². The van der Waals surface area contributed by atoms with Crippen LogP contribution in [0.15, 0.2) is 34.9 Å². The van der Waals surface area contributed by atoms with Crippen LogP contribution in [0.25, 0.3) is 22.7 Å².